The minimum absolute atomic E-state index is 0.298. The van der Waals surface area contributed by atoms with E-state index >= 15 is 0 Å². The molecule has 0 spiro atoms. The zero-order valence-corrected chi connectivity index (χ0v) is 13.1. The van der Waals surface area contributed by atoms with Crippen LogP contribution in [0, 0.1) is 0 Å². The lowest BCUT2D eigenvalue weighted by atomic mass is 9.95. The van der Waals surface area contributed by atoms with Crippen molar-refractivity contribution in [3.05, 3.63) is 70.7 Å². The average Bonchev–Trinajstić information content (AvgIpc) is 2.60. The van der Waals surface area contributed by atoms with E-state index in [4.69, 9.17) is 16.3 Å². The third kappa shape index (κ3) is 2.83. The number of ether oxygens (including phenoxy) is 1. The number of benzene rings is 3. The molecule has 0 atom stereocenters. The van der Waals surface area contributed by atoms with Crippen LogP contribution in [0.5, 0.6) is 0 Å². The Morgan fingerprint density at radius 3 is 2.61 bits per heavy atom. The van der Waals surface area contributed by atoms with Crippen LogP contribution in [0.15, 0.2) is 54.6 Å². The molecule has 4 heteroatoms. The van der Waals surface area contributed by atoms with Crippen molar-refractivity contribution in [1.29, 1.82) is 0 Å². The SMILES string of the molecule is COC(=O)c1cc(-c2cc(C=O)cc3ccccc23)ccc1Cl. The summed E-state index contributed by atoms with van der Waals surface area (Å²) in [7, 11) is 1.31. The molecule has 3 aromatic carbocycles. The van der Waals surface area contributed by atoms with Crippen molar-refractivity contribution < 1.29 is 14.3 Å². The maximum atomic E-state index is 11.8. The van der Waals surface area contributed by atoms with Gasteiger partial charge in [0.25, 0.3) is 0 Å². The first-order valence-corrected chi connectivity index (χ1v) is 7.38. The summed E-state index contributed by atoms with van der Waals surface area (Å²) in [6.45, 7) is 0. The van der Waals surface area contributed by atoms with Crippen LogP contribution in [-0.4, -0.2) is 19.4 Å². The molecule has 0 fully saturated rings. The topological polar surface area (TPSA) is 43.4 Å². The lowest BCUT2D eigenvalue weighted by Gasteiger charge is -2.10. The number of hydrogen-bond acceptors (Lipinski definition) is 3. The zero-order valence-electron chi connectivity index (χ0n) is 12.4. The van der Waals surface area contributed by atoms with Gasteiger partial charge in [-0.2, -0.15) is 0 Å². The zero-order chi connectivity index (χ0) is 16.4. The number of hydrogen-bond donors (Lipinski definition) is 0. The van der Waals surface area contributed by atoms with Crippen molar-refractivity contribution in [2.24, 2.45) is 0 Å². The summed E-state index contributed by atoms with van der Waals surface area (Å²) in [6, 6.07) is 16.6. The maximum Gasteiger partial charge on any atom is 0.339 e. The fourth-order valence-electron chi connectivity index (χ4n) is 2.60. The predicted molar refractivity (Wildman–Crippen MR) is 91.1 cm³/mol. The summed E-state index contributed by atoms with van der Waals surface area (Å²) in [4.78, 5) is 23.1. The van der Waals surface area contributed by atoms with E-state index in [1.165, 1.54) is 7.11 Å². The molecule has 0 bridgehead atoms. The molecule has 114 valence electrons. The van der Waals surface area contributed by atoms with Gasteiger partial charge in [-0.05, 0) is 46.2 Å². The van der Waals surface area contributed by atoms with Gasteiger partial charge in [-0.15, -0.1) is 0 Å². The minimum Gasteiger partial charge on any atom is -0.465 e. The van der Waals surface area contributed by atoms with Crippen molar-refractivity contribution in [3.63, 3.8) is 0 Å². The molecule has 3 nitrogen and oxygen atoms in total. The molecule has 0 N–H and O–H groups in total. The second kappa shape index (κ2) is 6.23. The molecule has 0 saturated carbocycles. The lowest BCUT2D eigenvalue weighted by Crippen LogP contribution is -2.02. The van der Waals surface area contributed by atoms with Gasteiger partial charge < -0.3 is 4.74 Å². The first kappa shape index (κ1) is 15.3. The van der Waals surface area contributed by atoms with Crippen LogP contribution in [0.25, 0.3) is 21.9 Å². The molecule has 3 rings (SSSR count). The Balaban J connectivity index is 2.28. The van der Waals surface area contributed by atoms with Gasteiger partial charge in [0.2, 0.25) is 0 Å². The Kier molecular flexibility index (Phi) is 4.13. The van der Waals surface area contributed by atoms with E-state index in [1.54, 1.807) is 18.2 Å². The van der Waals surface area contributed by atoms with Gasteiger partial charge in [-0.1, -0.05) is 41.9 Å². The predicted octanol–water partition coefficient (Wildman–Crippen LogP) is 4.76. The fourth-order valence-corrected chi connectivity index (χ4v) is 2.79. The lowest BCUT2D eigenvalue weighted by molar-refractivity contribution is 0.0601. The van der Waals surface area contributed by atoms with Gasteiger partial charge in [-0.3, -0.25) is 4.79 Å². The minimum atomic E-state index is -0.493. The highest BCUT2D eigenvalue weighted by Gasteiger charge is 2.14. The highest BCUT2D eigenvalue weighted by Crippen LogP contribution is 2.32. The highest BCUT2D eigenvalue weighted by molar-refractivity contribution is 6.33. The molecule has 0 amide bonds. The molecule has 0 aliphatic heterocycles. The molecule has 0 radical (unpaired) electrons. The molecule has 0 aromatic heterocycles. The molecular formula is C19H13ClO3. The van der Waals surface area contributed by atoms with Crippen molar-refractivity contribution in [1.82, 2.24) is 0 Å². The van der Waals surface area contributed by atoms with E-state index in [0.29, 0.717) is 16.1 Å². The summed E-state index contributed by atoms with van der Waals surface area (Å²) in [5, 5.41) is 2.29. The number of methoxy groups -OCH3 is 1. The molecule has 0 aliphatic rings. The highest BCUT2D eigenvalue weighted by atomic mass is 35.5. The standard InChI is InChI=1S/C19H13ClO3/c1-23-19(22)17-10-14(6-7-18(17)20)16-9-12(11-21)8-13-4-2-3-5-15(13)16/h2-11H,1H3. The van der Waals surface area contributed by atoms with Crippen LogP contribution in [0.2, 0.25) is 5.02 Å². The summed E-state index contributed by atoms with van der Waals surface area (Å²) in [5.74, 6) is -0.493. The second-order valence-electron chi connectivity index (χ2n) is 5.09. The van der Waals surface area contributed by atoms with Crippen molar-refractivity contribution in [2.45, 2.75) is 0 Å². The quantitative estimate of drug-likeness (QED) is 0.515. The van der Waals surface area contributed by atoms with Crippen molar-refractivity contribution in [2.75, 3.05) is 7.11 Å². The van der Waals surface area contributed by atoms with Crippen molar-refractivity contribution >= 4 is 34.6 Å². The number of esters is 1. The van der Waals surface area contributed by atoms with Crippen molar-refractivity contribution in [3.8, 4) is 11.1 Å². The molecule has 23 heavy (non-hydrogen) atoms. The maximum absolute atomic E-state index is 11.8. The van der Waals surface area contributed by atoms with Crippen LogP contribution in [0.1, 0.15) is 20.7 Å². The van der Waals surface area contributed by atoms with E-state index in [9.17, 15) is 9.59 Å². The molecule has 0 saturated heterocycles. The van der Waals surface area contributed by atoms with Gasteiger partial charge in [0.1, 0.15) is 6.29 Å². The number of carbonyl (C=O) groups is 2. The summed E-state index contributed by atoms with van der Waals surface area (Å²) in [6.07, 6.45) is 0.813. The number of carbonyl (C=O) groups excluding carboxylic acids is 2. The summed E-state index contributed by atoms with van der Waals surface area (Å²) < 4.78 is 4.76. The Morgan fingerprint density at radius 1 is 1.09 bits per heavy atom. The second-order valence-corrected chi connectivity index (χ2v) is 5.50. The molecule has 3 aromatic rings. The smallest absolute Gasteiger partial charge is 0.339 e. The van der Waals surface area contributed by atoms with Gasteiger partial charge in [0, 0.05) is 5.56 Å². The van der Waals surface area contributed by atoms with E-state index in [2.05, 4.69) is 0 Å². The first-order valence-electron chi connectivity index (χ1n) is 7.00. The summed E-state index contributed by atoms with van der Waals surface area (Å²) in [5.41, 5.74) is 2.54. The molecule has 0 unspecified atom stereocenters. The van der Waals surface area contributed by atoms with Gasteiger partial charge >= 0.3 is 5.97 Å². The van der Waals surface area contributed by atoms with Crippen LogP contribution >= 0.6 is 11.6 Å². The Labute approximate surface area is 138 Å². The molecule has 0 heterocycles. The van der Waals surface area contributed by atoms with E-state index < -0.39 is 5.97 Å². The van der Waals surface area contributed by atoms with Crippen LogP contribution in [-0.2, 0) is 4.74 Å². The number of rotatable bonds is 3. The van der Waals surface area contributed by atoms with Crippen LogP contribution in [0.3, 0.4) is 0 Å². The Hall–Kier alpha value is -2.65. The van der Waals surface area contributed by atoms with Crippen LogP contribution in [0.4, 0.5) is 0 Å². The Bertz CT molecular complexity index is 916. The average molecular weight is 325 g/mol. The van der Waals surface area contributed by atoms with Gasteiger partial charge in [0.05, 0.1) is 17.7 Å². The third-order valence-corrected chi connectivity index (χ3v) is 4.03. The molecule has 0 aliphatic carbocycles. The number of fused-ring (bicyclic) bond motifs is 1. The number of aldehydes is 1. The third-order valence-electron chi connectivity index (χ3n) is 3.70. The van der Waals surface area contributed by atoms with Crippen LogP contribution < -0.4 is 0 Å². The Morgan fingerprint density at radius 2 is 1.87 bits per heavy atom. The van der Waals surface area contributed by atoms with E-state index in [0.717, 1.165) is 28.2 Å². The monoisotopic (exact) mass is 324 g/mol. The van der Waals surface area contributed by atoms with E-state index in [-0.39, 0.29) is 0 Å². The summed E-state index contributed by atoms with van der Waals surface area (Å²) >= 11 is 6.08. The number of halogens is 1. The van der Waals surface area contributed by atoms with E-state index in [1.807, 2.05) is 36.4 Å². The largest absolute Gasteiger partial charge is 0.465 e. The van der Waals surface area contributed by atoms with Gasteiger partial charge in [-0.25, -0.2) is 4.79 Å². The first-order chi connectivity index (χ1) is 11.1. The fraction of sp³-hybridized carbons (Fsp3) is 0.0526. The van der Waals surface area contributed by atoms with Gasteiger partial charge in [0.15, 0.2) is 0 Å². The normalized spacial score (nSPS) is 10.5. The molecular weight excluding hydrogens is 312 g/mol.